The van der Waals surface area contributed by atoms with Crippen LogP contribution in [0, 0.1) is 0 Å². The molecule has 5 aromatic rings. The van der Waals surface area contributed by atoms with Crippen molar-refractivity contribution in [2.75, 3.05) is 5.32 Å². The lowest BCUT2D eigenvalue weighted by Crippen LogP contribution is -2.10. The fourth-order valence-corrected chi connectivity index (χ4v) is 4.09. The second kappa shape index (κ2) is 7.48. The van der Waals surface area contributed by atoms with E-state index >= 15 is 0 Å². The lowest BCUT2D eigenvalue weighted by Gasteiger charge is -2.14. The van der Waals surface area contributed by atoms with E-state index in [9.17, 15) is 0 Å². The van der Waals surface area contributed by atoms with E-state index in [2.05, 4.69) is 70.1 Å². The summed E-state index contributed by atoms with van der Waals surface area (Å²) in [7, 11) is 0. The van der Waals surface area contributed by atoms with Gasteiger partial charge in [-0.15, -0.1) is 11.3 Å². The number of aromatic nitrogens is 4. The summed E-state index contributed by atoms with van der Waals surface area (Å²) >= 11 is 1.73. The highest BCUT2D eigenvalue weighted by Crippen LogP contribution is 2.28. The van der Waals surface area contributed by atoms with Gasteiger partial charge in [0.1, 0.15) is 12.1 Å². The first kappa shape index (κ1) is 17.6. The summed E-state index contributed by atoms with van der Waals surface area (Å²) in [6.07, 6.45) is 3.59. The number of nitrogens with zero attached hydrogens (tertiary/aromatic N) is 4. The molecule has 1 atom stereocenters. The Morgan fingerprint density at radius 1 is 0.966 bits per heavy atom. The largest absolute Gasteiger partial charge is 0.348 e. The topological polar surface area (TPSA) is 55.6 Å². The number of fused-ring (bicyclic) bond motifs is 1. The molecule has 5 rings (SSSR count). The molecule has 3 aromatic heterocycles. The number of hydrogen-bond acceptors (Lipinski definition) is 5. The van der Waals surface area contributed by atoms with Gasteiger partial charge in [-0.25, -0.2) is 9.97 Å². The van der Waals surface area contributed by atoms with Gasteiger partial charge in [0.25, 0.3) is 0 Å². The molecule has 5 nitrogen and oxygen atoms in total. The molecule has 1 unspecified atom stereocenters. The first-order valence-electron chi connectivity index (χ1n) is 9.44. The maximum atomic E-state index is 4.71. The molecule has 2 aromatic carbocycles. The molecule has 0 fully saturated rings. The molecule has 0 aliphatic rings. The maximum absolute atomic E-state index is 4.71. The van der Waals surface area contributed by atoms with Crippen LogP contribution in [0.25, 0.3) is 27.3 Å². The number of rotatable bonds is 5. The van der Waals surface area contributed by atoms with E-state index in [4.69, 9.17) is 4.98 Å². The molecule has 0 radical (unpaired) electrons. The van der Waals surface area contributed by atoms with E-state index in [1.165, 1.54) is 16.0 Å². The summed E-state index contributed by atoms with van der Waals surface area (Å²) in [4.78, 5) is 14.9. The average Bonchev–Trinajstić information content (AvgIpc) is 3.44. The maximum Gasteiger partial charge on any atom is 0.225 e. The minimum Gasteiger partial charge on any atom is -0.348 e. The van der Waals surface area contributed by atoms with Gasteiger partial charge < -0.3 is 5.32 Å². The van der Waals surface area contributed by atoms with Crippen LogP contribution in [0.1, 0.15) is 18.5 Å². The van der Waals surface area contributed by atoms with Gasteiger partial charge in [-0.2, -0.15) is 4.98 Å². The molecular weight excluding hydrogens is 378 g/mol. The molecule has 0 amide bonds. The molecule has 0 saturated carbocycles. The third-order valence-corrected chi connectivity index (χ3v) is 5.80. The fourth-order valence-electron chi connectivity index (χ4n) is 3.36. The zero-order valence-electron chi connectivity index (χ0n) is 15.9. The minimum atomic E-state index is 0.110. The van der Waals surface area contributed by atoms with Crippen LogP contribution in [0.5, 0.6) is 0 Å². The number of benzene rings is 2. The third kappa shape index (κ3) is 3.50. The highest BCUT2D eigenvalue weighted by molar-refractivity contribution is 7.13. The highest BCUT2D eigenvalue weighted by atomic mass is 32.1. The van der Waals surface area contributed by atoms with Crippen molar-refractivity contribution in [3.05, 3.63) is 90.2 Å². The van der Waals surface area contributed by atoms with Gasteiger partial charge in [0.15, 0.2) is 0 Å². The Labute approximate surface area is 172 Å². The second-order valence-corrected chi connectivity index (χ2v) is 7.76. The van der Waals surface area contributed by atoms with Gasteiger partial charge in [0, 0.05) is 11.1 Å². The van der Waals surface area contributed by atoms with Crippen molar-refractivity contribution in [3.8, 4) is 16.3 Å². The van der Waals surface area contributed by atoms with E-state index in [-0.39, 0.29) is 6.04 Å². The number of imidazole rings is 1. The Morgan fingerprint density at radius 2 is 1.86 bits per heavy atom. The quantitative estimate of drug-likeness (QED) is 0.412. The number of anilines is 1. The van der Waals surface area contributed by atoms with Crippen LogP contribution in [0.4, 0.5) is 5.95 Å². The zero-order chi connectivity index (χ0) is 19.6. The van der Waals surface area contributed by atoms with Crippen LogP contribution in [0.15, 0.2) is 84.6 Å². The second-order valence-electron chi connectivity index (χ2n) is 6.81. The first-order valence-corrected chi connectivity index (χ1v) is 10.3. The van der Waals surface area contributed by atoms with Gasteiger partial charge in [0.2, 0.25) is 5.95 Å². The Kier molecular flexibility index (Phi) is 4.54. The van der Waals surface area contributed by atoms with E-state index < -0.39 is 0 Å². The fraction of sp³-hybridized carbons (Fsp3) is 0.0870. The summed E-state index contributed by atoms with van der Waals surface area (Å²) in [5.41, 5.74) is 4.34. The molecule has 0 aliphatic carbocycles. The van der Waals surface area contributed by atoms with Crippen molar-refractivity contribution >= 4 is 28.3 Å². The van der Waals surface area contributed by atoms with Crippen molar-refractivity contribution in [2.45, 2.75) is 13.0 Å². The normalized spacial score (nSPS) is 12.2. The number of nitrogens with one attached hydrogen (secondary N) is 1. The van der Waals surface area contributed by atoms with Crippen LogP contribution in [0.3, 0.4) is 0 Å². The lowest BCUT2D eigenvalue weighted by molar-refractivity contribution is 0.854. The molecular formula is C23H19N5S. The lowest BCUT2D eigenvalue weighted by atomic mass is 10.1. The zero-order valence-corrected chi connectivity index (χ0v) is 16.7. The average molecular weight is 398 g/mol. The van der Waals surface area contributed by atoms with Gasteiger partial charge in [-0.3, -0.25) is 4.57 Å². The molecule has 0 saturated heterocycles. The van der Waals surface area contributed by atoms with Crippen LogP contribution in [-0.4, -0.2) is 19.5 Å². The molecule has 1 N–H and O–H groups in total. The van der Waals surface area contributed by atoms with E-state index in [0.29, 0.717) is 5.95 Å². The van der Waals surface area contributed by atoms with Crippen molar-refractivity contribution in [3.63, 3.8) is 0 Å². The van der Waals surface area contributed by atoms with E-state index in [1.807, 2.05) is 35.2 Å². The van der Waals surface area contributed by atoms with Crippen LogP contribution in [0.2, 0.25) is 0 Å². The van der Waals surface area contributed by atoms with Crippen molar-refractivity contribution in [2.24, 2.45) is 0 Å². The van der Waals surface area contributed by atoms with Crippen molar-refractivity contribution in [1.82, 2.24) is 19.5 Å². The van der Waals surface area contributed by atoms with E-state index in [0.717, 1.165) is 16.9 Å². The Hall–Kier alpha value is -3.51. The first-order chi connectivity index (χ1) is 14.3. The van der Waals surface area contributed by atoms with Crippen LogP contribution < -0.4 is 5.32 Å². The molecule has 142 valence electrons. The van der Waals surface area contributed by atoms with Crippen LogP contribution in [-0.2, 0) is 0 Å². The summed E-state index contributed by atoms with van der Waals surface area (Å²) in [6, 6.07) is 22.8. The molecule has 0 aliphatic heterocycles. The van der Waals surface area contributed by atoms with Gasteiger partial charge in [0.05, 0.1) is 17.1 Å². The molecule has 0 bridgehead atoms. The van der Waals surface area contributed by atoms with Gasteiger partial charge >= 0.3 is 0 Å². The predicted octanol–water partition coefficient (Wildman–Crippen LogP) is 5.72. The Morgan fingerprint density at radius 3 is 2.69 bits per heavy atom. The van der Waals surface area contributed by atoms with Crippen molar-refractivity contribution < 1.29 is 0 Å². The minimum absolute atomic E-state index is 0.110. The van der Waals surface area contributed by atoms with Crippen molar-refractivity contribution in [1.29, 1.82) is 0 Å². The standard InChI is InChI=1S/C23H19N5S/c1-16(17-6-3-2-4-7-17)26-23-24-12-11-22(27-23)28-15-25-19-14-18(9-10-20(19)28)21-8-5-13-29-21/h2-16H,1H3,(H,24,26,27). The molecule has 0 spiro atoms. The molecule has 3 heterocycles. The predicted molar refractivity (Wildman–Crippen MR) is 118 cm³/mol. The monoisotopic (exact) mass is 397 g/mol. The summed E-state index contributed by atoms with van der Waals surface area (Å²) in [5, 5.41) is 5.47. The summed E-state index contributed by atoms with van der Waals surface area (Å²) in [6.45, 7) is 2.10. The van der Waals surface area contributed by atoms with Gasteiger partial charge in [-0.05, 0) is 47.7 Å². The summed E-state index contributed by atoms with van der Waals surface area (Å²) < 4.78 is 1.99. The summed E-state index contributed by atoms with van der Waals surface area (Å²) in [5.74, 6) is 1.38. The van der Waals surface area contributed by atoms with Gasteiger partial charge in [-0.1, -0.05) is 42.5 Å². The third-order valence-electron chi connectivity index (χ3n) is 4.89. The smallest absolute Gasteiger partial charge is 0.225 e. The molecule has 29 heavy (non-hydrogen) atoms. The van der Waals surface area contributed by atoms with Crippen LogP contribution >= 0.6 is 11.3 Å². The SMILES string of the molecule is CC(Nc1nccc(-n2cnc3cc(-c4cccs4)ccc32)n1)c1ccccc1. The number of thiophene rings is 1. The number of hydrogen-bond donors (Lipinski definition) is 1. The molecule has 6 heteroatoms. The highest BCUT2D eigenvalue weighted by Gasteiger charge is 2.11. The Balaban J connectivity index is 1.45. The van der Waals surface area contributed by atoms with E-state index in [1.54, 1.807) is 17.5 Å². The Bertz CT molecular complexity index is 1250.